The first kappa shape index (κ1) is 15.3. The summed E-state index contributed by atoms with van der Waals surface area (Å²) in [4.78, 5) is 0. The van der Waals surface area contributed by atoms with Gasteiger partial charge in [-0.3, -0.25) is 0 Å². The zero-order valence-corrected chi connectivity index (χ0v) is 11.4. The van der Waals surface area contributed by atoms with Crippen molar-refractivity contribution in [3.05, 3.63) is 35.1 Å². The van der Waals surface area contributed by atoms with Crippen molar-refractivity contribution in [2.45, 2.75) is 44.8 Å². The van der Waals surface area contributed by atoms with Crippen LogP contribution in [0.15, 0.2) is 18.2 Å². The molecule has 0 bridgehead atoms. The van der Waals surface area contributed by atoms with Gasteiger partial charge in [0.25, 0.3) is 0 Å². The lowest BCUT2D eigenvalue weighted by atomic mass is 9.73. The van der Waals surface area contributed by atoms with E-state index >= 15 is 0 Å². The highest BCUT2D eigenvalue weighted by Crippen LogP contribution is 2.46. The number of benzene rings is 1. The van der Waals surface area contributed by atoms with Crippen molar-refractivity contribution >= 4 is 0 Å². The maximum absolute atomic E-state index is 13.8. The van der Waals surface area contributed by atoms with Crippen molar-refractivity contribution in [3.8, 4) is 0 Å². The number of rotatable bonds is 2. The Hall–Kier alpha value is -1.10. The largest absolute Gasteiger partial charge is 0.392 e. The number of halogens is 4. The van der Waals surface area contributed by atoms with Gasteiger partial charge in [-0.25, -0.2) is 4.39 Å². The molecule has 0 amide bonds. The molecule has 1 aromatic rings. The highest BCUT2D eigenvalue weighted by atomic mass is 19.4. The maximum Gasteiger partial charge on any atom is 0.392 e. The molecule has 3 unspecified atom stereocenters. The van der Waals surface area contributed by atoms with E-state index in [0.29, 0.717) is 12.8 Å². The molecule has 3 atom stereocenters. The van der Waals surface area contributed by atoms with Crippen LogP contribution in [0, 0.1) is 24.6 Å². The van der Waals surface area contributed by atoms with Crippen molar-refractivity contribution in [1.29, 1.82) is 0 Å². The second kappa shape index (κ2) is 5.72. The summed E-state index contributed by atoms with van der Waals surface area (Å²) in [6.07, 6.45) is -2.49. The van der Waals surface area contributed by atoms with Crippen molar-refractivity contribution in [2.24, 2.45) is 17.6 Å². The van der Waals surface area contributed by atoms with Crippen LogP contribution in [-0.2, 0) is 0 Å². The van der Waals surface area contributed by atoms with Gasteiger partial charge in [-0.05, 0) is 31.7 Å². The van der Waals surface area contributed by atoms with E-state index in [1.54, 1.807) is 19.1 Å². The van der Waals surface area contributed by atoms with Gasteiger partial charge < -0.3 is 5.73 Å². The van der Waals surface area contributed by atoms with Gasteiger partial charge in [0.1, 0.15) is 5.82 Å². The van der Waals surface area contributed by atoms with E-state index in [1.807, 2.05) is 0 Å². The Morgan fingerprint density at radius 2 is 1.85 bits per heavy atom. The Kier molecular flexibility index (Phi) is 4.37. The molecule has 1 saturated carbocycles. The monoisotopic (exact) mass is 289 g/mol. The van der Waals surface area contributed by atoms with Crippen LogP contribution < -0.4 is 5.73 Å². The van der Waals surface area contributed by atoms with Gasteiger partial charge in [0.05, 0.1) is 5.92 Å². The smallest absolute Gasteiger partial charge is 0.324 e. The fourth-order valence-corrected chi connectivity index (χ4v) is 3.15. The van der Waals surface area contributed by atoms with Crippen LogP contribution in [0.25, 0.3) is 0 Å². The summed E-state index contributed by atoms with van der Waals surface area (Å²) in [5.41, 5.74) is 6.99. The Balaban J connectivity index is 2.30. The second-order valence-corrected chi connectivity index (χ2v) is 5.65. The van der Waals surface area contributed by atoms with Crippen LogP contribution in [-0.4, -0.2) is 6.18 Å². The molecule has 1 aliphatic rings. The molecule has 0 heterocycles. The van der Waals surface area contributed by atoms with E-state index in [2.05, 4.69) is 0 Å². The van der Waals surface area contributed by atoms with Gasteiger partial charge in [-0.15, -0.1) is 0 Å². The zero-order chi connectivity index (χ0) is 14.9. The van der Waals surface area contributed by atoms with Crippen molar-refractivity contribution in [3.63, 3.8) is 0 Å². The van der Waals surface area contributed by atoms with E-state index < -0.39 is 29.9 Å². The molecule has 2 rings (SSSR count). The first-order valence-electron chi connectivity index (χ1n) is 6.89. The first-order chi connectivity index (χ1) is 9.30. The van der Waals surface area contributed by atoms with Crippen LogP contribution in [0.4, 0.5) is 17.6 Å². The van der Waals surface area contributed by atoms with Crippen molar-refractivity contribution < 1.29 is 17.6 Å². The van der Waals surface area contributed by atoms with Crippen LogP contribution in [0.5, 0.6) is 0 Å². The quantitative estimate of drug-likeness (QED) is 0.797. The van der Waals surface area contributed by atoms with Gasteiger partial charge in [-0.1, -0.05) is 30.5 Å². The molecule has 1 aromatic carbocycles. The summed E-state index contributed by atoms with van der Waals surface area (Å²) in [5, 5.41) is 0. The lowest BCUT2D eigenvalue weighted by Gasteiger charge is -2.36. The predicted molar refractivity (Wildman–Crippen MR) is 69.6 cm³/mol. The minimum atomic E-state index is -4.26. The Morgan fingerprint density at radius 3 is 2.50 bits per heavy atom. The minimum absolute atomic E-state index is 0.0926. The molecule has 0 aromatic heterocycles. The topological polar surface area (TPSA) is 26.0 Å². The van der Waals surface area contributed by atoms with E-state index in [0.717, 1.165) is 12.0 Å². The molecule has 0 aliphatic heterocycles. The van der Waals surface area contributed by atoms with Crippen molar-refractivity contribution in [1.82, 2.24) is 0 Å². The zero-order valence-electron chi connectivity index (χ0n) is 11.4. The summed E-state index contributed by atoms with van der Waals surface area (Å²) in [6, 6.07) is 3.52. The summed E-state index contributed by atoms with van der Waals surface area (Å²) in [7, 11) is 0. The normalized spacial score (nSPS) is 25.5. The number of aryl methyl sites for hydroxylation is 1. The molecule has 0 radical (unpaired) electrons. The summed E-state index contributed by atoms with van der Waals surface area (Å²) >= 11 is 0. The third kappa shape index (κ3) is 3.14. The van der Waals surface area contributed by atoms with Crippen LogP contribution in [0.1, 0.15) is 42.9 Å². The van der Waals surface area contributed by atoms with E-state index in [1.165, 1.54) is 6.07 Å². The van der Waals surface area contributed by atoms with Crippen LogP contribution in [0.2, 0.25) is 0 Å². The molecule has 20 heavy (non-hydrogen) atoms. The highest BCUT2D eigenvalue weighted by Gasteiger charge is 2.47. The number of alkyl halides is 3. The molecular formula is C15H19F4N. The molecular weight excluding hydrogens is 270 g/mol. The highest BCUT2D eigenvalue weighted by molar-refractivity contribution is 5.27. The number of hydrogen-bond acceptors (Lipinski definition) is 1. The summed E-state index contributed by atoms with van der Waals surface area (Å²) < 4.78 is 53.1. The Morgan fingerprint density at radius 1 is 1.20 bits per heavy atom. The average Bonchev–Trinajstić information content (AvgIpc) is 2.40. The minimum Gasteiger partial charge on any atom is -0.324 e. The average molecular weight is 289 g/mol. The molecule has 5 heteroatoms. The SMILES string of the molecule is Cc1ccc(F)c(C(N)C2CCCCC2C(F)(F)F)c1. The molecule has 0 saturated heterocycles. The predicted octanol–water partition coefficient (Wildman–Crippen LogP) is 4.50. The van der Waals surface area contributed by atoms with Gasteiger partial charge in [0, 0.05) is 11.6 Å². The molecule has 0 spiro atoms. The van der Waals surface area contributed by atoms with Gasteiger partial charge in [0.2, 0.25) is 0 Å². The van der Waals surface area contributed by atoms with Gasteiger partial charge in [0.15, 0.2) is 0 Å². The molecule has 112 valence electrons. The standard InChI is InChI=1S/C15H19F4N/c1-9-6-7-13(16)11(8-9)14(20)10-4-2-3-5-12(10)15(17,18)19/h6-8,10,12,14H,2-5,20H2,1H3. The lowest BCUT2D eigenvalue weighted by Crippen LogP contribution is -2.39. The first-order valence-corrected chi connectivity index (χ1v) is 6.89. The van der Waals surface area contributed by atoms with Gasteiger partial charge >= 0.3 is 6.18 Å². The van der Waals surface area contributed by atoms with E-state index in [-0.39, 0.29) is 12.0 Å². The summed E-state index contributed by atoms with van der Waals surface area (Å²) in [6.45, 7) is 1.78. The fourth-order valence-electron chi connectivity index (χ4n) is 3.15. The lowest BCUT2D eigenvalue weighted by molar-refractivity contribution is -0.198. The van der Waals surface area contributed by atoms with Crippen LogP contribution >= 0.6 is 0 Å². The third-order valence-corrected chi connectivity index (χ3v) is 4.21. The summed E-state index contributed by atoms with van der Waals surface area (Å²) in [5.74, 6) is -2.68. The van der Waals surface area contributed by atoms with Crippen LogP contribution in [0.3, 0.4) is 0 Å². The van der Waals surface area contributed by atoms with Crippen molar-refractivity contribution in [2.75, 3.05) is 0 Å². The van der Waals surface area contributed by atoms with E-state index in [9.17, 15) is 17.6 Å². The number of nitrogens with two attached hydrogens (primary N) is 1. The Labute approximate surface area is 116 Å². The number of hydrogen-bond donors (Lipinski definition) is 1. The second-order valence-electron chi connectivity index (χ2n) is 5.65. The Bertz CT molecular complexity index is 469. The van der Waals surface area contributed by atoms with E-state index in [4.69, 9.17) is 5.73 Å². The maximum atomic E-state index is 13.8. The molecule has 2 N–H and O–H groups in total. The third-order valence-electron chi connectivity index (χ3n) is 4.21. The molecule has 1 fully saturated rings. The molecule has 1 nitrogen and oxygen atoms in total. The van der Waals surface area contributed by atoms with Gasteiger partial charge in [-0.2, -0.15) is 13.2 Å². The molecule has 1 aliphatic carbocycles. The fraction of sp³-hybridized carbons (Fsp3) is 0.600.